The number of anilines is 1. The summed E-state index contributed by atoms with van der Waals surface area (Å²) in [6.07, 6.45) is 4.98. The predicted octanol–water partition coefficient (Wildman–Crippen LogP) is 11.9. The van der Waals surface area contributed by atoms with Gasteiger partial charge in [-0.05, 0) is 104 Å². The number of unbranched alkanes of at least 4 members (excludes halogenated alkanes) is 2. The molecule has 1 heterocycles. The van der Waals surface area contributed by atoms with Crippen molar-refractivity contribution in [2.45, 2.75) is 103 Å². The molecule has 4 aromatic rings. The summed E-state index contributed by atoms with van der Waals surface area (Å²) < 4.78 is 0. The topological polar surface area (TPSA) is 3.24 Å². The second-order valence-corrected chi connectivity index (χ2v) is 15.7. The molecule has 228 valence electrons. The molecular formula is C43H51N. The number of nitrogens with zero attached hydrogens (tertiary/aromatic N) is 1. The van der Waals surface area contributed by atoms with Crippen LogP contribution in [0.4, 0.5) is 5.69 Å². The van der Waals surface area contributed by atoms with E-state index in [-0.39, 0.29) is 21.8 Å². The molecule has 2 atom stereocenters. The highest BCUT2D eigenvalue weighted by molar-refractivity contribution is 5.87. The molecule has 4 aromatic carbocycles. The van der Waals surface area contributed by atoms with Crippen LogP contribution in [0, 0.1) is 0 Å². The molecule has 0 bridgehead atoms. The van der Waals surface area contributed by atoms with Crippen molar-refractivity contribution in [2.24, 2.45) is 0 Å². The second kappa shape index (κ2) is 10.5. The highest BCUT2D eigenvalue weighted by Gasteiger charge is 2.75. The van der Waals surface area contributed by atoms with Gasteiger partial charge in [-0.1, -0.05) is 135 Å². The Balaban J connectivity index is 1.45. The number of fused-ring (bicyclic) bond motifs is 3. The van der Waals surface area contributed by atoms with Gasteiger partial charge in [-0.3, -0.25) is 0 Å². The minimum absolute atomic E-state index is 0.0261. The van der Waals surface area contributed by atoms with E-state index < -0.39 is 0 Å². The summed E-state index contributed by atoms with van der Waals surface area (Å²) in [6, 6.07) is 32.7. The van der Waals surface area contributed by atoms with Crippen LogP contribution in [0.2, 0.25) is 0 Å². The maximum absolute atomic E-state index is 4.59. The normalized spacial score (nSPS) is 20.9. The summed E-state index contributed by atoms with van der Waals surface area (Å²) >= 11 is 0. The number of rotatable bonds is 7. The number of hydrogen-bond donors (Lipinski definition) is 0. The summed E-state index contributed by atoms with van der Waals surface area (Å²) in [5.41, 5.74) is 14.9. The molecule has 0 spiro atoms. The summed E-state index contributed by atoms with van der Waals surface area (Å²) in [5, 5.41) is 0. The van der Waals surface area contributed by atoms with Crippen molar-refractivity contribution in [2.75, 3.05) is 11.9 Å². The minimum atomic E-state index is 0.0261. The van der Waals surface area contributed by atoms with Crippen molar-refractivity contribution in [1.82, 2.24) is 0 Å². The molecule has 2 unspecified atom stereocenters. The first-order valence-corrected chi connectivity index (χ1v) is 16.7. The Labute approximate surface area is 267 Å². The molecular weight excluding hydrogens is 530 g/mol. The van der Waals surface area contributed by atoms with E-state index in [1.54, 1.807) is 0 Å². The van der Waals surface area contributed by atoms with Crippen LogP contribution in [0.1, 0.15) is 97.8 Å². The van der Waals surface area contributed by atoms with Crippen LogP contribution < -0.4 is 4.90 Å². The lowest BCUT2D eigenvalue weighted by Gasteiger charge is -2.24. The lowest BCUT2D eigenvalue weighted by molar-refractivity contribution is 0.509. The third kappa shape index (κ3) is 4.75. The summed E-state index contributed by atoms with van der Waals surface area (Å²) in [4.78, 5) is 2.52. The van der Waals surface area contributed by atoms with Crippen LogP contribution >= 0.6 is 0 Å². The SMILES string of the molecule is C=C1C2(CCCCC)c3ccc(-c4cc(-c5ccc(C(C)(C)C)cc5)cc(-c5ccc(C(C)(C)C)cc5)c4)cc3N(C)C12C. The fourth-order valence-corrected chi connectivity index (χ4v) is 7.79. The maximum Gasteiger partial charge on any atom is 0.0724 e. The van der Waals surface area contributed by atoms with Crippen LogP contribution in [0.3, 0.4) is 0 Å². The van der Waals surface area contributed by atoms with E-state index in [9.17, 15) is 0 Å². The Morgan fingerprint density at radius 2 is 1.07 bits per heavy atom. The number of likely N-dealkylation sites (N-methyl/N-ethyl adjacent to an activating group) is 1. The van der Waals surface area contributed by atoms with Gasteiger partial charge < -0.3 is 4.90 Å². The quantitative estimate of drug-likeness (QED) is 0.155. The molecule has 1 aliphatic carbocycles. The third-order valence-corrected chi connectivity index (χ3v) is 11.0. The van der Waals surface area contributed by atoms with E-state index >= 15 is 0 Å². The first-order valence-electron chi connectivity index (χ1n) is 16.7. The van der Waals surface area contributed by atoms with Gasteiger partial charge in [0.1, 0.15) is 0 Å². The molecule has 0 amide bonds. The number of benzene rings is 4. The highest BCUT2D eigenvalue weighted by Crippen LogP contribution is 2.73. The monoisotopic (exact) mass is 581 g/mol. The first kappa shape index (κ1) is 30.4. The van der Waals surface area contributed by atoms with E-state index in [4.69, 9.17) is 0 Å². The smallest absolute Gasteiger partial charge is 0.0724 e. The van der Waals surface area contributed by atoms with Crippen molar-refractivity contribution < 1.29 is 0 Å². The van der Waals surface area contributed by atoms with Crippen LogP contribution in [-0.4, -0.2) is 12.6 Å². The zero-order chi connectivity index (χ0) is 31.7. The van der Waals surface area contributed by atoms with Crippen molar-refractivity contribution >= 4 is 5.69 Å². The molecule has 1 heteroatoms. The average Bonchev–Trinajstić information content (AvgIpc) is 3.41. The molecule has 1 saturated carbocycles. The molecule has 6 rings (SSSR count). The van der Waals surface area contributed by atoms with Crippen molar-refractivity contribution in [1.29, 1.82) is 0 Å². The minimum Gasteiger partial charge on any atom is -0.364 e. The summed E-state index contributed by atoms with van der Waals surface area (Å²) in [7, 11) is 2.28. The number of hydrogen-bond acceptors (Lipinski definition) is 1. The molecule has 1 aliphatic heterocycles. The summed E-state index contributed by atoms with van der Waals surface area (Å²) in [6.45, 7) is 23.0. The van der Waals surface area contributed by atoms with Crippen LogP contribution in [0.15, 0.2) is 97.1 Å². The van der Waals surface area contributed by atoms with Gasteiger partial charge >= 0.3 is 0 Å². The molecule has 0 aromatic heterocycles. The maximum atomic E-state index is 4.59. The van der Waals surface area contributed by atoms with E-state index in [2.05, 4.69) is 159 Å². The molecule has 1 fully saturated rings. The van der Waals surface area contributed by atoms with Crippen molar-refractivity contribution in [3.63, 3.8) is 0 Å². The van der Waals surface area contributed by atoms with Crippen molar-refractivity contribution in [3.8, 4) is 33.4 Å². The molecule has 0 N–H and O–H groups in total. The lowest BCUT2D eigenvalue weighted by atomic mass is 9.84. The van der Waals surface area contributed by atoms with Crippen LogP contribution in [0.25, 0.3) is 33.4 Å². The van der Waals surface area contributed by atoms with Gasteiger partial charge in [-0.2, -0.15) is 0 Å². The fraction of sp³-hybridized carbons (Fsp3) is 0.395. The zero-order valence-electron chi connectivity index (χ0n) is 28.6. The molecule has 1 nitrogen and oxygen atoms in total. The Hall–Kier alpha value is -3.58. The Bertz CT molecular complexity index is 1630. The second-order valence-electron chi connectivity index (χ2n) is 15.7. The zero-order valence-corrected chi connectivity index (χ0v) is 28.6. The Kier molecular flexibility index (Phi) is 7.27. The van der Waals surface area contributed by atoms with Gasteiger partial charge in [-0.25, -0.2) is 0 Å². The Morgan fingerprint density at radius 3 is 1.52 bits per heavy atom. The lowest BCUT2D eigenvalue weighted by Crippen LogP contribution is -2.32. The first-order chi connectivity index (χ1) is 20.7. The summed E-state index contributed by atoms with van der Waals surface area (Å²) in [5.74, 6) is 0. The largest absolute Gasteiger partial charge is 0.364 e. The third-order valence-electron chi connectivity index (χ3n) is 11.0. The Morgan fingerprint density at radius 1 is 0.614 bits per heavy atom. The van der Waals surface area contributed by atoms with Gasteiger partial charge in [0.2, 0.25) is 0 Å². The highest BCUT2D eigenvalue weighted by atomic mass is 15.3. The van der Waals surface area contributed by atoms with E-state index in [1.165, 1.54) is 87.0 Å². The van der Waals surface area contributed by atoms with Gasteiger partial charge in [-0.15, -0.1) is 0 Å². The van der Waals surface area contributed by atoms with Crippen LogP contribution in [-0.2, 0) is 16.2 Å². The molecule has 44 heavy (non-hydrogen) atoms. The predicted molar refractivity (Wildman–Crippen MR) is 192 cm³/mol. The average molecular weight is 582 g/mol. The molecule has 0 saturated heterocycles. The van der Waals surface area contributed by atoms with Gasteiger partial charge in [0.25, 0.3) is 0 Å². The van der Waals surface area contributed by atoms with Gasteiger partial charge in [0.05, 0.1) is 5.54 Å². The fourth-order valence-electron chi connectivity index (χ4n) is 7.79. The van der Waals surface area contributed by atoms with Crippen LogP contribution in [0.5, 0.6) is 0 Å². The van der Waals surface area contributed by atoms with E-state index in [0.717, 1.165) is 0 Å². The van der Waals surface area contributed by atoms with Crippen molar-refractivity contribution in [3.05, 3.63) is 114 Å². The van der Waals surface area contributed by atoms with Gasteiger partial charge in [0.15, 0.2) is 0 Å². The standard InChI is InChI=1S/C43H51N/c1-11-12-13-24-43-29(2)42(43,9)44(10)39-28-32(18-23-38(39)43)35-26-33(30-14-19-36(20-15-30)40(3,4)5)25-34(27-35)31-16-21-37(22-17-31)41(6,7)8/h14-23,25-28H,2,11-13,24H2,1,3-10H3. The molecule has 2 aliphatic rings. The van der Waals surface area contributed by atoms with E-state index in [0.29, 0.717) is 0 Å². The van der Waals surface area contributed by atoms with Gasteiger partial charge in [0, 0.05) is 18.2 Å². The van der Waals surface area contributed by atoms with E-state index in [1.807, 2.05) is 0 Å². The molecule has 0 radical (unpaired) electrons.